The zero-order valence-corrected chi connectivity index (χ0v) is 21.7. The maximum atomic E-state index is 13.3. The van der Waals surface area contributed by atoms with Crippen molar-refractivity contribution in [2.75, 3.05) is 4.90 Å². The molecule has 10 nitrogen and oxygen atoms in total. The fraction of sp³-hybridized carbons (Fsp3) is 0.143. The number of nitrogens with zero attached hydrogens (tertiary/aromatic N) is 4. The SMILES string of the molecule is Cc1nnc(N2C(=O)C(=O)C(=C(O)c3ccc(OCc4ccccc4C)cc3)C2c2cccc([N+](=O)[O-])c2)s1. The average molecular weight is 543 g/mol. The lowest BCUT2D eigenvalue weighted by Crippen LogP contribution is -2.29. The number of nitro groups is 1. The second-order valence-electron chi connectivity index (χ2n) is 8.86. The van der Waals surface area contributed by atoms with Gasteiger partial charge >= 0.3 is 5.91 Å². The number of ketones is 1. The minimum atomic E-state index is -1.14. The van der Waals surface area contributed by atoms with Gasteiger partial charge in [0.2, 0.25) is 5.13 Å². The number of benzene rings is 3. The number of aliphatic hydroxyl groups is 1. The Morgan fingerprint density at radius 1 is 1.05 bits per heavy atom. The molecule has 39 heavy (non-hydrogen) atoms. The number of anilines is 1. The van der Waals surface area contributed by atoms with Crippen LogP contribution in [0, 0.1) is 24.0 Å². The highest BCUT2D eigenvalue weighted by Crippen LogP contribution is 2.43. The lowest BCUT2D eigenvalue weighted by Gasteiger charge is -2.22. The highest BCUT2D eigenvalue weighted by atomic mass is 32.1. The molecule has 1 aliphatic rings. The van der Waals surface area contributed by atoms with Crippen LogP contribution in [0.4, 0.5) is 10.8 Å². The first-order valence-electron chi connectivity index (χ1n) is 11.9. The number of Topliss-reactive ketones (excluding diaryl/α,β-unsaturated/α-hetero) is 1. The Hall–Kier alpha value is -4.90. The summed E-state index contributed by atoms with van der Waals surface area (Å²) in [5, 5.41) is 31.4. The summed E-state index contributed by atoms with van der Waals surface area (Å²) >= 11 is 1.09. The summed E-state index contributed by atoms with van der Waals surface area (Å²) in [4.78, 5) is 38.4. The average Bonchev–Trinajstić information content (AvgIpc) is 3.48. The minimum Gasteiger partial charge on any atom is -0.507 e. The number of rotatable bonds is 7. The van der Waals surface area contributed by atoms with Crippen molar-refractivity contribution in [2.45, 2.75) is 26.5 Å². The predicted octanol–water partition coefficient (Wildman–Crippen LogP) is 5.27. The Labute approximate surface area is 227 Å². The number of aryl methyl sites for hydroxylation is 2. The predicted molar refractivity (Wildman–Crippen MR) is 144 cm³/mol. The van der Waals surface area contributed by atoms with Gasteiger partial charge in [0.15, 0.2) is 0 Å². The van der Waals surface area contributed by atoms with Gasteiger partial charge < -0.3 is 9.84 Å². The lowest BCUT2D eigenvalue weighted by atomic mass is 9.95. The molecule has 0 bridgehead atoms. The Morgan fingerprint density at radius 3 is 2.46 bits per heavy atom. The zero-order valence-electron chi connectivity index (χ0n) is 20.9. The molecule has 0 radical (unpaired) electrons. The van der Waals surface area contributed by atoms with Crippen molar-refractivity contribution in [3.05, 3.63) is 116 Å². The number of hydrogen-bond acceptors (Lipinski definition) is 9. The highest BCUT2D eigenvalue weighted by Gasteiger charge is 2.48. The number of hydrogen-bond donors (Lipinski definition) is 1. The first kappa shape index (κ1) is 25.7. The van der Waals surface area contributed by atoms with E-state index in [1.807, 2.05) is 31.2 Å². The molecule has 3 aromatic carbocycles. The van der Waals surface area contributed by atoms with E-state index in [-0.39, 0.29) is 27.5 Å². The summed E-state index contributed by atoms with van der Waals surface area (Å²) < 4.78 is 5.87. The van der Waals surface area contributed by atoms with Crippen LogP contribution in [-0.4, -0.2) is 31.9 Å². The third-order valence-corrected chi connectivity index (χ3v) is 7.18. The van der Waals surface area contributed by atoms with E-state index in [0.717, 1.165) is 27.4 Å². The van der Waals surface area contributed by atoms with E-state index in [0.29, 0.717) is 17.4 Å². The van der Waals surface area contributed by atoms with E-state index in [2.05, 4.69) is 10.2 Å². The third-order valence-electron chi connectivity index (χ3n) is 6.35. The Morgan fingerprint density at radius 2 is 1.79 bits per heavy atom. The van der Waals surface area contributed by atoms with Crippen molar-refractivity contribution in [1.82, 2.24) is 10.2 Å². The monoisotopic (exact) mass is 542 g/mol. The molecule has 1 aliphatic heterocycles. The molecule has 1 fully saturated rings. The van der Waals surface area contributed by atoms with E-state index < -0.39 is 28.4 Å². The van der Waals surface area contributed by atoms with E-state index in [1.165, 1.54) is 18.2 Å². The summed E-state index contributed by atoms with van der Waals surface area (Å²) in [5.41, 5.74) is 2.26. The molecule has 1 saturated heterocycles. The van der Waals surface area contributed by atoms with E-state index in [1.54, 1.807) is 37.3 Å². The van der Waals surface area contributed by atoms with Crippen LogP contribution in [-0.2, 0) is 16.2 Å². The highest BCUT2D eigenvalue weighted by molar-refractivity contribution is 7.15. The van der Waals surface area contributed by atoms with Crippen molar-refractivity contribution < 1.29 is 24.4 Å². The molecule has 196 valence electrons. The molecule has 1 aromatic heterocycles. The van der Waals surface area contributed by atoms with Gasteiger partial charge in [0, 0.05) is 17.7 Å². The van der Waals surface area contributed by atoms with Crippen molar-refractivity contribution in [1.29, 1.82) is 0 Å². The summed E-state index contributed by atoms with van der Waals surface area (Å²) in [6, 6.07) is 18.8. The molecule has 4 aromatic rings. The van der Waals surface area contributed by atoms with Crippen LogP contribution < -0.4 is 9.64 Å². The number of aliphatic hydroxyl groups excluding tert-OH is 1. The van der Waals surface area contributed by atoms with Gasteiger partial charge in [-0.3, -0.25) is 24.6 Å². The number of nitro benzene ring substituents is 1. The number of aromatic nitrogens is 2. The Bertz CT molecular complexity index is 1630. The lowest BCUT2D eigenvalue weighted by molar-refractivity contribution is -0.384. The van der Waals surface area contributed by atoms with Gasteiger partial charge in [-0.1, -0.05) is 47.7 Å². The second kappa shape index (κ2) is 10.5. The van der Waals surface area contributed by atoms with Gasteiger partial charge in [-0.15, -0.1) is 10.2 Å². The smallest absolute Gasteiger partial charge is 0.301 e. The number of ether oxygens (including phenoxy) is 1. The quantitative estimate of drug-likeness (QED) is 0.110. The minimum absolute atomic E-state index is 0.144. The topological polar surface area (TPSA) is 136 Å². The summed E-state index contributed by atoms with van der Waals surface area (Å²) in [5.74, 6) is -1.71. The molecule has 0 saturated carbocycles. The molecule has 1 unspecified atom stereocenters. The standard InChI is InChI=1S/C28H22N4O6S/c1-16-6-3-4-7-20(16)15-38-22-12-10-18(11-13-22)25(33)23-24(19-8-5-9-21(14-19)32(36)37)31(27(35)26(23)34)28-30-29-17(2)39-28/h3-14,24,33H,15H2,1-2H3. The number of non-ortho nitro benzene ring substituents is 1. The molecule has 1 N–H and O–H groups in total. The van der Waals surface area contributed by atoms with E-state index in [4.69, 9.17) is 4.74 Å². The fourth-order valence-electron chi connectivity index (χ4n) is 4.33. The van der Waals surface area contributed by atoms with Gasteiger partial charge in [0.1, 0.15) is 23.1 Å². The maximum absolute atomic E-state index is 13.3. The van der Waals surface area contributed by atoms with E-state index >= 15 is 0 Å². The van der Waals surface area contributed by atoms with Gasteiger partial charge in [-0.2, -0.15) is 0 Å². The summed E-state index contributed by atoms with van der Waals surface area (Å²) in [6.45, 7) is 4.05. The van der Waals surface area contributed by atoms with Gasteiger partial charge in [0.25, 0.3) is 11.5 Å². The second-order valence-corrected chi connectivity index (χ2v) is 10.0. The summed E-state index contributed by atoms with van der Waals surface area (Å²) in [6.07, 6.45) is 0. The van der Waals surface area contributed by atoms with Crippen LogP contribution in [0.1, 0.15) is 33.3 Å². The Balaban J connectivity index is 1.53. The summed E-state index contributed by atoms with van der Waals surface area (Å²) in [7, 11) is 0. The molecule has 1 atom stereocenters. The van der Waals surface area contributed by atoms with Gasteiger partial charge in [-0.25, -0.2) is 0 Å². The van der Waals surface area contributed by atoms with Crippen molar-refractivity contribution in [3.63, 3.8) is 0 Å². The fourth-order valence-corrected chi connectivity index (χ4v) is 5.05. The van der Waals surface area contributed by atoms with Crippen LogP contribution in [0.5, 0.6) is 5.75 Å². The zero-order chi connectivity index (χ0) is 27.7. The Kier molecular flexibility index (Phi) is 6.90. The molecular weight excluding hydrogens is 520 g/mol. The normalized spacial score (nSPS) is 16.5. The molecule has 5 rings (SSSR count). The first-order chi connectivity index (χ1) is 18.7. The maximum Gasteiger partial charge on any atom is 0.301 e. The van der Waals surface area contributed by atoms with Crippen LogP contribution in [0.25, 0.3) is 5.76 Å². The van der Waals surface area contributed by atoms with E-state index in [9.17, 15) is 24.8 Å². The number of carbonyl (C=O) groups excluding carboxylic acids is 2. The van der Waals surface area contributed by atoms with Gasteiger partial charge in [0.05, 0.1) is 16.5 Å². The van der Waals surface area contributed by atoms with Crippen molar-refractivity contribution in [3.8, 4) is 5.75 Å². The molecule has 2 heterocycles. The molecule has 1 amide bonds. The van der Waals surface area contributed by atoms with Crippen LogP contribution in [0.3, 0.4) is 0 Å². The van der Waals surface area contributed by atoms with Crippen LogP contribution in [0.15, 0.2) is 78.4 Å². The van der Waals surface area contributed by atoms with Crippen LogP contribution in [0.2, 0.25) is 0 Å². The molecule has 0 spiro atoms. The van der Waals surface area contributed by atoms with Crippen LogP contribution >= 0.6 is 11.3 Å². The number of amides is 1. The van der Waals surface area contributed by atoms with Crippen molar-refractivity contribution in [2.24, 2.45) is 0 Å². The van der Waals surface area contributed by atoms with Crippen molar-refractivity contribution >= 4 is 39.6 Å². The third kappa shape index (κ3) is 4.99. The molecule has 0 aliphatic carbocycles. The number of carbonyl (C=O) groups is 2. The molecular formula is C28H22N4O6S. The largest absolute Gasteiger partial charge is 0.507 e. The first-order valence-corrected chi connectivity index (χ1v) is 12.7. The molecule has 11 heteroatoms. The van der Waals surface area contributed by atoms with Gasteiger partial charge in [-0.05, 0) is 54.8 Å².